The van der Waals surface area contributed by atoms with Gasteiger partial charge in [-0.05, 0) is 33.3 Å². The number of hydrogen-bond donors (Lipinski definition) is 0. The maximum absolute atomic E-state index is 4.82. The molecule has 0 aromatic heterocycles. The number of allylic oxidation sites excluding steroid dienone is 3. The average molecular weight is 136 g/mol. The van der Waals surface area contributed by atoms with Gasteiger partial charge >= 0.3 is 0 Å². The van der Waals surface area contributed by atoms with E-state index in [1.165, 1.54) is 5.57 Å². The van der Waals surface area contributed by atoms with Gasteiger partial charge in [0, 0.05) is 0 Å². The lowest BCUT2D eigenvalue weighted by molar-refractivity contribution is 1.36. The molecule has 0 heteroatoms. The molecule has 0 aliphatic carbocycles. The van der Waals surface area contributed by atoms with Gasteiger partial charge in [0.15, 0.2) is 0 Å². The van der Waals surface area contributed by atoms with Crippen LogP contribution in [-0.2, 0) is 0 Å². The van der Waals surface area contributed by atoms with E-state index in [1.54, 1.807) is 6.92 Å². The van der Waals surface area contributed by atoms with Crippen molar-refractivity contribution in [3.63, 3.8) is 0 Å². The zero-order valence-electron chi connectivity index (χ0n) is 7.36. The van der Waals surface area contributed by atoms with Gasteiger partial charge in [-0.1, -0.05) is 24.1 Å². The highest BCUT2D eigenvalue weighted by Crippen LogP contribution is 1.82. The first-order valence-corrected chi connectivity index (χ1v) is 3.26. The molecule has 56 valence electrons. The van der Waals surface area contributed by atoms with Crippen molar-refractivity contribution >= 4 is 0 Å². The van der Waals surface area contributed by atoms with Crippen LogP contribution >= 0.6 is 0 Å². The van der Waals surface area contributed by atoms with Crippen LogP contribution < -0.4 is 0 Å². The largest absolute Gasteiger partial charge is 0.115 e. The Morgan fingerprint density at radius 1 is 1.40 bits per heavy atom. The van der Waals surface area contributed by atoms with Gasteiger partial charge in [-0.3, -0.25) is 0 Å². The van der Waals surface area contributed by atoms with Crippen LogP contribution in [0.25, 0.3) is 0 Å². The molecule has 0 heterocycles. The van der Waals surface area contributed by atoms with E-state index >= 15 is 0 Å². The molecule has 0 saturated carbocycles. The second-order valence-corrected chi connectivity index (χ2v) is 2.29. The van der Waals surface area contributed by atoms with Crippen molar-refractivity contribution in [1.29, 1.82) is 0 Å². The molecular weight excluding hydrogens is 120 g/mol. The topological polar surface area (TPSA) is 0 Å². The summed E-state index contributed by atoms with van der Waals surface area (Å²) in [6, 6.07) is 0. The average Bonchev–Trinajstić information content (AvgIpc) is 1.89. The van der Waals surface area contributed by atoms with Crippen LogP contribution in [0.3, 0.4) is 0 Å². The fourth-order valence-electron chi connectivity index (χ4n) is 0. The lowest BCUT2D eigenvalue weighted by atomic mass is 10.3. The standard InChI is InChI=1S/C5H10.C5H6/c2*1-4-5(2)3/h4H,1-3H3;1H,2H2,3H3. The van der Waals surface area contributed by atoms with E-state index < -0.39 is 0 Å². The minimum absolute atomic E-state index is 0.782. The second kappa shape index (κ2) is 8.04. The molecule has 0 radical (unpaired) electrons. The summed E-state index contributed by atoms with van der Waals surface area (Å²) in [5.41, 5.74) is 2.16. The predicted molar refractivity (Wildman–Crippen MR) is 48.8 cm³/mol. The Balaban J connectivity index is 0. The first-order valence-electron chi connectivity index (χ1n) is 3.26. The Bertz CT molecular complexity index is 149. The van der Waals surface area contributed by atoms with Crippen LogP contribution in [0.4, 0.5) is 0 Å². The van der Waals surface area contributed by atoms with E-state index in [1.807, 2.05) is 6.92 Å². The van der Waals surface area contributed by atoms with E-state index in [0.717, 1.165) is 5.57 Å². The van der Waals surface area contributed by atoms with E-state index in [0.29, 0.717) is 0 Å². The molecule has 0 spiro atoms. The quantitative estimate of drug-likeness (QED) is 0.354. The molecule has 0 unspecified atom stereocenters. The van der Waals surface area contributed by atoms with Crippen molar-refractivity contribution in [3.8, 4) is 12.3 Å². The van der Waals surface area contributed by atoms with Crippen LogP contribution in [0.2, 0.25) is 0 Å². The third-order valence-electron chi connectivity index (χ3n) is 0.824. The van der Waals surface area contributed by atoms with Crippen molar-refractivity contribution in [3.05, 3.63) is 23.8 Å². The zero-order chi connectivity index (χ0) is 8.57. The third kappa shape index (κ3) is 27.8. The lowest BCUT2D eigenvalue weighted by Crippen LogP contribution is -1.52. The van der Waals surface area contributed by atoms with Crippen molar-refractivity contribution in [2.75, 3.05) is 0 Å². The molecule has 0 saturated heterocycles. The van der Waals surface area contributed by atoms with E-state index in [2.05, 4.69) is 32.4 Å². The van der Waals surface area contributed by atoms with Crippen molar-refractivity contribution in [2.24, 2.45) is 0 Å². The Kier molecular flexibility index (Phi) is 9.48. The maximum Gasteiger partial charge on any atom is -0.00853 e. The van der Waals surface area contributed by atoms with Gasteiger partial charge in [0.05, 0.1) is 0 Å². The molecule has 10 heavy (non-hydrogen) atoms. The van der Waals surface area contributed by atoms with Crippen LogP contribution in [0.5, 0.6) is 0 Å². The van der Waals surface area contributed by atoms with E-state index in [-0.39, 0.29) is 0 Å². The van der Waals surface area contributed by atoms with Crippen LogP contribution in [0.1, 0.15) is 27.7 Å². The lowest BCUT2D eigenvalue weighted by Gasteiger charge is -1.74. The molecule has 0 bridgehead atoms. The van der Waals surface area contributed by atoms with Gasteiger partial charge in [-0.25, -0.2) is 0 Å². The molecule has 0 fully saturated rings. The highest BCUT2D eigenvalue weighted by atomic mass is 13.7. The van der Waals surface area contributed by atoms with Gasteiger partial charge in [0.1, 0.15) is 0 Å². The summed E-state index contributed by atoms with van der Waals surface area (Å²) in [6.45, 7) is 11.4. The first kappa shape index (κ1) is 11.8. The summed E-state index contributed by atoms with van der Waals surface area (Å²) >= 11 is 0. The third-order valence-corrected chi connectivity index (χ3v) is 0.824. The zero-order valence-corrected chi connectivity index (χ0v) is 7.36. The molecule has 0 amide bonds. The summed E-state index contributed by atoms with van der Waals surface area (Å²) in [5, 5.41) is 0. The van der Waals surface area contributed by atoms with Crippen molar-refractivity contribution in [2.45, 2.75) is 27.7 Å². The summed E-state index contributed by atoms with van der Waals surface area (Å²) in [4.78, 5) is 0. The molecule has 0 rings (SSSR count). The molecule has 0 aromatic carbocycles. The molecule has 0 atom stereocenters. The molecule has 0 aliphatic rings. The second-order valence-electron chi connectivity index (χ2n) is 2.29. The van der Waals surface area contributed by atoms with E-state index in [9.17, 15) is 0 Å². The van der Waals surface area contributed by atoms with Gasteiger partial charge in [0.25, 0.3) is 0 Å². The first-order chi connectivity index (χ1) is 4.54. The maximum atomic E-state index is 4.82. The fraction of sp³-hybridized carbons (Fsp3) is 0.400. The minimum atomic E-state index is 0.782. The Labute approximate surface area is 64.6 Å². The van der Waals surface area contributed by atoms with Gasteiger partial charge in [-0.15, -0.1) is 6.42 Å². The van der Waals surface area contributed by atoms with Crippen molar-refractivity contribution < 1.29 is 0 Å². The molecule has 0 N–H and O–H groups in total. The van der Waals surface area contributed by atoms with Crippen LogP contribution in [0, 0.1) is 12.3 Å². The monoisotopic (exact) mass is 136 g/mol. The molecule has 0 aliphatic heterocycles. The highest BCUT2D eigenvalue weighted by molar-refractivity contribution is 5.17. The minimum Gasteiger partial charge on any atom is -0.115 e. The highest BCUT2D eigenvalue weighted by Gasteiger charge is 1.60. The number of hydrogen-bond acceptors (Lipinski definition) is 0. The fourth-order valence-corrected chi connectivity index (χ4v) is 0. The Hall–Kier alpha value is -0.960. The molecular formula is C10H16. The molecule has 0 nitrogen and oxygen atoms in total. The number of terminal acetylenes is 1. The predicted octanol–water partition coefficient (Wildman–Crippen LogP) is 3.17. The molecule has 0 aromatic rings. The summed E-state index contributed by atoms with van der Waals surface area (Å²) in [5.74, 6) is 2.33. The Morgan fingerprint density at radius 2 is 1.60 bits per heavy atom. The van der Waals surface area contributed by atoms with Crippen LogP contribution in [-0.4, -0.2) is 0 Å². The van der Waals surface area contributed by atoms with Crippen LogP contribution in [0.15, 0.2) is 23.8 Å². The summed E-state index contributed by atoms with van der Waals surface area (Å²) in [6.07, 6.45) is 6.91. The summed E-state index contributed by atoms with van der Waals surface area (Å²) < 4.78 is 0. The van der Waals surface area contributed by atoms with Gasteiger partial charge in [-0.2, -0.15) is 0 Å². The van der Waals surface area contributed by atoms with E-state index in [4.69, 9.17) is 6.42 Å². The van der Waals surface area contributed by atoms with Gasteiger partial charge < -0.3 is 0 Å². The van der Waals surface area contributed by atoms with Gasteiger partial charge in [0.2, 0.25) is 0 Å². The van der Waals surface area contributed by atoms with Crippen molar-refractivity contribution in [1.82, 2.24) is 0 Å². The Morgan fingerprint density at radius 3 is 1.60 bits per heavy atom. The summed E-state index contributed by atoms with van der Waals surface area (Å²) in [7, 11) is 0. The SMILES string of the molecule is C#CC(=C)C.CC=C(C)C. The normalized spacial score (nSPS) is 6.30. The number of rotatable bonds is 0. The smallest absolute Gasteiger partial charge is 0.00853 e.